The van der Waals surface area contributed by atoms with E-state index in [1.165, 1.54) is 88.2 Å². The van der Waals surface area contributed by atoms with Gasteiger partial charge in [-0.05, 0) is 64.7 Å². The Morgan fingerprint density at radius 3 is 1.88 bits per heavy atom. The minimum atomic E-state index is -0.0724. The van der Waals surface area contributed by atoms with Crippen LogP contribution in [0.5, 0.6) is 11.5 Å². The minimum Gasteiger partial charge on any atom is -0.485 e. The first kappa shape index (κ1) is 36.7. The number of ether oxygens (including phenoxy) is 2. The zero-order valence-electron chi connectivity index (χ0n) is 28.5. The molecule has 0 aliphatic heterocycles. The summed E-state index contributed by atoms with van der Waals surface area (Å²) in [5.74, 6) is 0.965. The average molecular weight is 594 g/mol. The van der Waals surface area contributed by atoms with E-state index in [1.54, 1.807) is 0 Å². The summed E-state index contributed by atoms with van der Waals surface area (Å²) in [4.78, 5) is 13.7. The molecule has 0 bridgehead atoms. The van der Waals surface area contributed by atoms with E-state index in [2.05, 4.69) is 52.8 Å². The third kappa shape index (κ3) is 14.7. The molecule has 0 amide bonds. The van der Waals surface area contributed by atoms with E-state index in [9.17, 15) is 4.79 Å². The molecule has 0 N–H and O–H groups in total. The summed E-state index contributed by atoms with van der Waals surface area (Å²) < 4.78 is 14.5. The molecule has 4 nitrogen and oxygen atoms in total. The van der Waals surface area contributed by atoms with Gasteiger partial charge in [0.15, 0.2) is 5.75 Å². The second-order valence-electron chi connectivity index (χ2n) is 12.6. The molecule has 4 heteroatoms. The minimum absolute atomic E-state index is 0.0724. The maximum atomic E-state index is 13.7. The molecule has 0 fully saturated rings. The van der Waals surface area contributed by atoms with Gasteiger partial charge in [0, 0.05) is 11.9 Å². The van der Waals surface area contributed by atoms with Crippen LogP contribution < -0.4 is 15.0 Å². The van der Waals surface area contributed by atoms with Crippen LogP contribution in [0.2, 0.25) is 0 Å². The Labute approximate surface area is 264 Å². The molecule has 0 aliphatic carbocycles. The maximum absolute atomic E-state index is 13.7. The smallest absolute Gasteiger partial charge is 0.297 e. The molecule has 0 spiro atoms. The van der Waals surface area contributed by atoms with E-state index in [-0.39, 0.29) is 5.56 Å². The van der Waals surface area contributed by atoms with Crippen molar-refractivity contribution in [1.29, 1.82) is 0 Å². The molecule has 0 atom stereocenters. The van der Waals surface area contributed by atoms with Gasteiger partial charge in [0.1, 0.15) is 6.61 Å². The number of unbranched alkanes of at least 4 members (excludes halogenated alkanes) is 14. The van der Waals surface area contributed by atoms with Gasteiger partial charge >= 0.3 is 0 Å². The van der Waals surface area contributed by atoms with Crippen molar-refractivity contribution >= 4 is 10.9 Å². The van der Waals surface area contributed by atoms with Gasteiger partial charge in [-0.15, -0.1) is 0 Å². The lowest BCUT2D eigenvalue weighted by Crippen LogP contribution is -2.24. The largest absolute Gasteiger partial charge is 0.485 e. The van der Waals surface area contributed by atoms with Crippen LogP contribution in [-0.2, 0) is 6.54 Å². The first-order valence-corrected chi connectivity index (χ1v) is 17.7. The Hall–Kier alpha value is -2.49. The van der Waals surface area contributed by atoms with Crippen LogP contribution in [0.25, 0.3) is 10.9 Å². The van der Waals surface area contributed by atoms with Gasteiger partial charge in [-0.3, -0.25) is 4.79 Å². The van der Waals surface area contributed by atoms with Gasteiger partial charge in [0.05, 0.1) is 12.1 Å². The molecule has 1 aromatic carbocycles. The number of hydrogen-bond acceptors (Lipinski definition) is 3. The highest BCUT2D eigenvalue weighted by Crippen LogP contribution is 2.33. The quantitative estimate of drug-likeness (QED) is 0.0849. The van der Waals surface area contributed by atoms with Crippen LogP contribution in [-0.4, -0.2) is 17.8 Å². The van der Waals surface area contributed by atoms with E-state index in [0.29, 0.717) is 31.3 Å². The second-order valence-corrected chi connectivity index (χ2v) is 12.6. The fourth-order valence-electron chi connectivity index (χ4n) is 5.59. The molecule has 2 rings (SSSR count). The first-order valence-electron chi connectivity index (χ1n) is 17.7. The normalized spacial score (nSPS) is 11.7. The predicted molar refractivity (Wildman–Crippen MR) is 187 cm³/mol. The van der Waals surface area contributed by atoms with Crippen LogP contribution >= 0.6 is 0 Å². The van der Waals surface area contributed by atoms with E-state index in [1.807, 2.05) is 22.8 Å². The van der Waals surface area contributed by atoms with Gasteiger partial charge in [0.2, 0.25) is 5.75 Å². The SMILES string of the molecule is CCCCCCCCCCCCCCCCOc1c(OC/C=C(\C)CCC=C(C)C)c2ccccc2n(CCCC)c1=O. The van der Waals surface area contributed by atoms with Gasteiger partial charge in [-0.1, -0.05) is 133 Å². The monoisotopic (exact) mass is 593 g/mol. The summed E-state index contributed by atoms with van der Waals surface area (Å²) >= 11 is 0. The lowest BCUT2D eigenvalue weighted by molar-refractivity contribution is 0.271. The molecule has 2 aromatic rings. The van der Waals surface area contributed by atoms with Crippen molar-refractivity contribution in [3.63, 3.8) is 0 Å². The van der Waals surface area contributed by atoms with Gasteiger partial charge in [-0.25, -0.2) is 0 Å². The Morgan fingerprint density at radius 2 is 1.28 bits per heavy atom. The first-order chi connectivity index (χ1) is 21.0. The van der Waals surface area contributed by atoms with Crippen molar-refractivity contribution in [1.82, 2.24) is 4.57 Å². The molecule has 1 aromatic heterocycles. The summed E-state index contributed by atoms with van der Waals surface area (Å²) in [7, 11) is 0. The van der Waals surface area contributed by atoms with Crippen LogP contribution in [0.3, 0.4) is 0 Å². The number of fused-ring (bicyclic) bond motifs is 1. The number of aryl methyl sites for hydroxylation is 1. The number of nitrogens with zero attached hydrogens (tertiary/aromatic N) is 1. The number of benzene rings is 1. The lowest BCUT2D eigenvalue weighted by Gasteiger charge is -2.18. The topological polar surface area (TPSA) is 40.5 Å². The molecule has 1 heterocycles. The molecule has 0 radical (unpaired) electrons. The summed E-state index contributed by atoms with van der Waals surface area (Å²) in [5.41, 5.74) is 3.49. The second kappa shape index (κ2) is 23.0. The van der Waals surface area contributed by atoms with Crippen molar-refractivity contribution in [2.75, 3.05) is 13.2 Å². The molecular weight excluding hydrogens is 530 g/mol. The van der Waals surface area contributed by atoms with Crippen molar-refractivity contribution in [2.45, 2.75) is 157 Å². The highest BCUT2D eigenvalue weighted by atomic mass is 16.5. The van der Waals surface area contributed by atoms with Crippen LogP contribution in [0, 0.1) is 0 Å². The fourth-order valence-corrected chi connectivity index (χ4v) is 5.59. The van der Waals surface area contributed by atoms with Crippen LogP contribution in [0.1, 0.15) is 150 Å². The third-order valence-electron chi connectivity index (χ3n) is 8.32. The number of allylic oxidation sites excluding steroid dienone is 3. The van der Waals surface area contributed by atoms with E-state index < -0.39 is 0 Å². The van der Waals surface area contributed by atoms with E-state index in [4.69, 9.17) is 9.47 Å². The standard InChI is InChI=1S/C39H63NO3/c1-6-8-10-11-12-13-14-15-16-17-18-19-20-23-31-42-38-37(43-32-29-34(5)26-24-25-33(3)4)35-27-21-22-28-36(35)40(39(38)41)30-9-7-2/h21-22,25,27-29H,6-20,23-24,26,30-32H2,1-5H3/b34-29+. The maximum Gasteiger partial charge on any atom is 0.297 e. The summed E-state index contributed by atoms with van der Waals surface area (Å²) in [6.45, 7) is 12.5. The predicted octanol–water partition coefficient (Wildman–Crippen LogP) is 11.7. The van der Waals surface area contributed by atoms with Crippen molar-refractivity contribution in [3.05, 3.63) is 57.9 Å². The molecule has 242 valence electrons. The van der Waals surface area contributed by atoms with E-state index >= 15 is 0 Å². The highest BCUT2D eigenvalue weighted by Gasteiger charge is 2.19. The molecule has 43 heavy (non-hydrogen) atoms. The highest BCUT2D eigenvalue weighted by molar-refractivity contribution is 5.88. The number of rotatable bonds is 25. The van der Waals surface area contributed by atoms with Crippen LogP contribution in [0.15, 0.2) is 52.4 Å². The summed E-state index contributed by atoms with van der Waals surface area (Å²) in [5, 5.41) is 0.949. The number of hydrogen-bond donors (Lipinski definition) is 0. The third-order valence-corrected chi connectivity index (χ3v) is 8.32. The summed E-state index contributed by atoms with van der Waals surface area (Å²) in [6, 6.07) is 8.09. The van der Waals surface area contributed by atoms with Crippen molar-refractivity contribution in [3.8, 4) is 11.5 Å². The van der Waals surface area contributed by atoms with Crippen molar-refractivity contribution in [2.24, 2.45) is 0 Å². The molecule has 0 saturated carbocycles. The number of para-hydroxylation sites is 1. The number of pyridine rings is 1. The van der Waals surface area contributed by atoms with Gasteiger partial charge in [-0.2, -0.15) is 0 Å². The lowest BCUT2D eigenvalue weighted by atomic mass is 10.0. The zero-order chi connectivity index (χ0) is 31.1. The van der Waals surface area contributed by atoms with Gasteiger partial charge < -0.3 is 14.0 Å². The molecular formula is C39H63NO3. The van der Waals surface area contributed by atoms with Gasteiger partial charge in [0.25, 0.3) is 5.56 Å². The number of aromatic nitrogens is 1. The molecule has 0 unspecified atom stereocenters. The Kier molecular flexibility index (Phi) is 19.6. The Balaban J connectivity index is 1.92. The fraction of sp³-hybridized carbons (Fsp3) is 0.667. The summed E-state index contributed by atoms with van der Waals surface area (Å²) in [6.07, 6.45) is 26.9. The molecule has 0 saturated heterocycles. The average Bonchev–Trinajstić information content (AvgIpc) is 2.99. The zero-order valence-corrected chi connectivity index (χ0v) is 28.5. The van der Waals surface area contributed by atoms with Crippen molar-refractivity contribution < 1.29 is 9.47 Å². The molecule has 0 aliphatic rings. The van der Waals surface area contributed by atoms with E-state index in [0.717, 1.165) is 49.4 Å². The van der Waals surface area contributed by atoms with Crippen LogP contribution in [0.4, 0.5) is 0 Å². The Morgan fingerprint density at radius 1 is 0.698 bits per heavy atom. The Bertz CT molecular complexity index is 1140.